The molecule has 0 amide bonds. The van der Waals surface area contributed by atoms with Gasteiger partial charge in [-0.25, -0.2) is 9.98 Å². The summed E-state index contributed by atoms with van der Waals surface area (Å²) in [5.41, 5.74) is 15.4. The van der Waals surface area contributed by atoms with Crippen molar-refractivity contribution in [3.63, 3.8) is 0 Å². The van der Waals surface area contributed by atoms with E-state index in [1.165, 1.54) is 16.7 Å². The molecule has 1 aliphatic heterocycles. The Morgan fingerprint density at radius 1 is 0.355 bits per heavy atom. The van der Waals surface area contributed by atoms with Crippen molar-refractivity contribution in [3.05, 3.63) is 229 Å². The lowest BCUT2D eigenvalue weighted by Gasteiger charge is -2.24. The molecule has 0 radical (unpaired) electrons. The Morgan fingerprint density at radius 2 is 0.806 bits per heavy atom. The number of aliphatic imine (C=N–C) groups is 2. The first-order valence-electron chi connectivity index (χ1n) is 20.9. The summed E-state index contributed by atoms with van der Waals surface area (Å²) < 4.78 is 13.1. The zero-order valence-corrected chi connectivity index (χ0v) is 33.5. The van der Waals surface area contributed by atoms with Crippen LogP contribution in [0, 0.1) is 0 Å². The largest absolute Gasteiger partial charge is 0.456 e. The monoisotopic (exact) mass is 795 g/mol. The molecule has 62 heavy (non-hydrogen) atoms. The summed E-state index contributed by atoms with van der Waals surface area (Å²) in [6, 6.07) is 74.0. The van der Waals surface area contributed by atoms with Crippen molar-refractivity contribution < 1.29 is 8.83 Å². The molecule has 5 heteroatoms. The van der Waals surface area contributed by atoms with Crippen LogP contribution in [0.5, 0.6) is 0 Å². The van der Waals surface area contributed by atoms with Crippen molar-refractivity contribution in [2.45, 2.75) is 6.17 Å². The minimum Gasteiger partial charge on any atom is -0.456 e. The molecule has 292 valence electrons. The Bertz CT molecular complexity index is 3510. The summed E-state index contributed by atoms with van der Waals surface area (Å²) >= 11 is 0. The predicted molar refractivity (Wildman–Crippen MR) is 255 cm³/mol. The highest BCUT2D eigenvalue weighted by atomic mass is 16.3. The van der Waals surface area contributed by atoms with Crippen LogP contribution in [-0.2, 0) is 0 Å². The van der Waals surface area contributed by atoms with Gasteiger partial charge in [0, 0.05) is 32.7 Å². The van der Waals surface area contributed by atoms with Gasteiger partial charge in [-0.2, -0.15) is 0 Å². The second-order valence-electron chi connectivity index (χ2n) is 15.7. The molecule has 0 fully saturated rings. The molecule has 2 aromatic heterocycles. The summed E-state index contributed by atoms with van der Waals surface area (Å²) in [6.07, 6.45) is -0.338. The van der Waals surface area contributed by atoms with E-state index >= 15 is 0 Å². The molecule has 1 atom stereocenters. The fourth-order valence-corrected chi connectivity index (χ4v) is 8.89. The van der Waals surface area contributed by atoms with E-state index in [0.29, 0.717) is 5.84 Å². The fraction of sp³-hybridized carbons (Fsp3) is 0.0175. The number of hydrogen-bond donors (Lipinski definition) is 1. The number of benzene rings is 9. The van der Waals surface area contributed by atoms with Crippen molar-refractivity contribution in [2.24, 2.45) is 9.98 Å². The Morgan fingerprint density at radius 3 is 1.40 bits per heavy atom. The smallest absolute Gasteiger partial charge is 0.159 e. The molecular formula is C57H37N3O2. The van der Waals surface area contributed by atoms with E-state index in [-0.39, 0.29) is 6.17 Å². The second-order valence-corrected chi connectivity index (χ2v) is 15.7. The third-order valence-corrected chi connectivity index (χ3v) is 12.0. The van der Waals surface area contributed by atoms with Gasteiger partial charge in [-0.15, -0.1) is 0 Å². The van der Waals surface area contributed by atoms with Crippen LogP contribution < -0.4 is 5.32 Å². The van der Waals surface area contributed by atoms with Crippen molar-refractivity contribution >= 4 is 55.5 Å². The van der Waals surface area contributed by atoms with Gasteiger partial charge < -0.3 is 14.2 Å². The summed E-state index contributed by atoms with van der Waals surface area (Å²) in [6.45, 7) is 0. The first-order valence-corrected chi connectivity index (χ1v) is 20.9. The summed E-state index contributed by atoms with van der Waals surface area (Å²) in [7, 11) is 0. The topological polar surface area (TPSA) is 63.0 Å². The van der Waals surface area contributed by atoms with Gasteiger partial charge in [-0.05, 0) is 86.5 Å². The SMILES string of the molecule is c1ccc(-c2ccc(C3=NC(c4ccccc4)NC(c4cccc5oc6ccc(-c7cccc8oc9ccc(-c%10ccc(-c%11ccccc%11)cc%10)cc9c78)cc6c45)=N3)cc2)cc1. The number of fused-ring (bicyclic) bond motifs is 6. The molecule has 0 aliphatic carbocycles. The lowest BCUT2D eigenvalue weighted by Crippen LogP contribution is -2.33. The van der Waals surface area contributed by atoms with Gasteiger partial charge >= 0.3 is 0 Å². The second kappa shape index (κ2) is 14.8. The van der Waals surface area contributed by atoms with Crippen molar-refractivity contribution in [2.75, 3.05) is 0 Å². The van der Waals surface area contributed by atoms with Crippen LogP contribution in [0.25, 0.3) is 88.4 Å². The molecule has 0 bridgehead atoms. The van der Waals surface area contributed by atoms with Gasteiger partial charge in [-0.1, -0.05) is 176 Å². The molecule has 0 saturated heterocycles. The maximum Gasteiger partial charge on any atom is 0.159 e. The van der Waals surface area contributed by atoms with E-state index in [9.17, 15) is 0 Å². The Hall–Kier alpha value is -8.28. The normalized spacial score (nSPS) is 14.0. The van der Waals surface area contributed by atoms with Gasteiger partial charge in [0.15, 0.2) is 5.84 Å². The van der Waals surface area contributed by atoms with E-state index in [1.54, 1.807) is 0 Å². The molecule has 5 nitrogen and oxygen atoms in total. The van der Waals surface area contributed by atoms with E-state index in [4.69, 9.17) is 18.8 Å². The van der Waals surface area contributed by atoms with Gasteiger partial charge in [0.1, 0.15) is 34.3 Å². The molecule has 12 rings (SSSR count). The quantitative estimate of drug-likeness (QED) is 0.175. The molecule has 1 aliphatic rings. The number of hydrogen-bond acceptors (Lipinski definition) is 5. The first-order chi connectivity index (χ1) is 30.7. The summed E-state index contributed by atoms with van der Waals surface area (Å²) in [5, 5.41) is 7.86. The average Bonchev–Trinajstić information content (AvgIpc) is 3.93. The fourth-order valence-electron chi connectivity index (χ4n) is 8.89. The Kier molecular flexibility index (Phi) is 8.49. The van der Waals surface area contributed by atoms with E-state index < -0.39 is 0 Å². The van der Waals surface area contributed by atoms with Gasteiger partial charge in [0.25, 0.3) is 0 Å². The lowest BCUT2D eigenvalue weighted by molar-refractivity contribution is 0.667. The highest BCUT2D eigenvalue weighted by molar-refractivity contribution is 6.22. The number of furan rings is 2. The molecule has 0 spiro atoms. The highest BCUT2D eigenvalue weighted by Crippen LogP contribution is 2.41. The molecular weight excluding hydrogens is 759 g/mol. The minimum absolute atomic E-state index is 0.338. The van der Waals surface area contributed by atoms with Crippen molar-refractivity contribution in [1.29, 1.82) is 0 Å². The Balaban J connectivity index is 0.961. The summed E-state index contributed by atoms with van der Waals surface area (Å²) in [5.74, 6) is 1.41. The highest BCUT2D eigenvalue weighted by Gasteiger charge is 2.24. The number of nitrogens with one attached hydrogen (secondary N) is 1. The van der Waals surface area contributed by atoms with Gasteiger partial charge in [-0.3, -0.25) is 0 Å². The van der Waals surface area contributed by atoms with Crippen molar-refractivity contribution in [3.8, 4) is 44.5 Å². The molecule has 0 saturated carbocycles. The van der Waals surface area contributed by atoms with Crippen LogP contribution in [0.15, 0.2) is 231 Å². The van der Waals surface area contributed by atoms with Crippen molar-refractivity contribution in [1.82, 2.24) is 5.32 Å². The first kappa shape index (κ1) is 35.6. The van der Waals surface area contributed by atoms with Crippen LogP contribution in [-0.4, -0.2) is 11.7 Å². The van der Waals surface area contributed by atoms with Crippen LogP contribution in [0.2, 0.25) is 0 Å². The number of nitrogens with zero attached hydrogens (tertiary/aromatic N) is 2. The van der Waals surface area contributed by atoms with Gasteiger partial charge in [0.2, 0.25) is 0 Å². The minimum atomic E-state index is -0.338. The molecule has 3 heterocycles. The predicted octanol–water partition coefficient (Wildman–Crippen LogP) is 14.6. The zero-order chi connectivity index (χ0) is 41.0. The third kappa shape index (κ3) is 6.27. The van der Waals surface area contributed by atoms with E-state index in [1.807, 2.05) is 42.5 Å². The lowest BCUT2D eigenvalue weighted by atomic mass is 9.95. The molecule has 1 unspecified atom stereocenters. The van der Waals surface area contributed by atoms with E-state index in [0.717, 1.165) is 94.2 Å². The maximum absolute atomic E-state index is 6.57. The standard InChI is InChI=1S/C57H37N3O2/c1-4-12-36(13-5-1)38-22-24-40(25-23-38)43-30-32-49-47(34-43)53-45(18-10-20-51(53)61-49)44-31-33-50-48(35-44)54-46(19-11-21-52(54)62-50)57-59-55(41-16-8-3-9-17-41)58-56(60-57)42-28-26-39(27-29-42)37-14-6-2-7-15-37/h1-35,55H,(H,58,59,60). The molecule has 11 aromatic rings. The molecule has 1 N–H and O–H groups in total. The molecule has 9 aromatic carbocycles. The number of rotatable bonds is 7. The average molecular weight is 796 g/mol. The van der Waals surface area contributed by atoms with Crippen LogP contribution in [0.4, 0.5) is 0 Å². The van der Waals surface area contributed by atoms with Crippen LogP contribution >= 0.6 is 0 Å². The Labute approximate surface area is 358 Å². The van der Waals surface area contributed by atoms with Crippen LogP contribution in [0.1, 0.15) is 22.9 Å². The van der Waals surface area contributed by atoms with E-state index in [2.05, 4.69) is 175 Å². The van der Waals surface area contributed by atoms with Crippen LogP contribution in [0.3, 0.4) is 0 Å². The zero-order valence-electron chi connectivity index (χ0n) is 33.5. The van der Waals surface area contributed by atoms with Gasteiger partial charge in [0.05, 0.1) is 0 Å². The third-order valence-electron chi connectivity index (χ3n) is 12.0. The number of amidine groups is 2. The summed E-state index contributed by atoms with van der Waals surface area (Å²) in [4.78, 5) is 10.4. The maximum atomic E-state index is 6.57.